The molecule has 0 spiro atoms. The number of benzene rings is 2. The first-order valence-corrected chi connectivity index (χ1v) is 11.0. The second-order valence-corrected chi connectivity index (χ2v) is 8.09. The van der Waals surface area contributed by atoms with Gasteiger partial charge in [-0.1, -0.05) is 6.07 Å². The van der Waals surface area contributed by atoms with Crippen molar-refractivity contribution >= 4 is 17.8 Å². The van der Waals surface area contributed by atoms with E-state index in [4.69, 9.17) is 9.47 Å². The van der Waals surface area contributed by atoms with Crippen molar-refractivity contribution in [2.24, 2.45) is 0 Å². The fourth-order valence-electron chi connectivity index (χ4n) is 4.25. The van der Waals surface area contributed by atoms with E-state index in [2.05, 4.69) is 14.8 Å². The Bertz CT molecular complexity index is 1060. The summed E-state index contributed by atoms with van der Waals surface area (Å²) in [5.74, 6) is -1.52. The van der Waals surface area contributed by atoms with Gasteiger partial charge in [0.05, 0.1) is 19.8 Å². The Morgan fingerprint density at radius 3 is 2.26 bits per heavy atom. The number of hydrogen-bond donors (Lipinski definition) is 1. The quantitative estimate of drug-likeness (QED) is 0.556. The van der Waals surface area contributed by atoms with Crippen LogP contribution in [-0.4, -0.2) is 50.8 Å². The van der Waals surface area contributed by atoms with Crippen molar-refractivity contribution in [2.45, 2.75) is 50.9 Å². The highest BCUT2D eigenvalue weighted by Crippen LogP contribution is 2.39. The molecule has 1 amide bonds. The maximum absolute atomic E-state index is 13.0. The summed E-state index contributed by atoms with van der Waals surface area (Å²) in [6, 6.07) is 10.3. The molecule has 10 heteroatoms. The number of carbonyl (C=O) groups is 3. The van der Waals surface area contributed by atoms with Gasteiger partial charge in [-0.15, -0.1) is 0 Å². The van der Waals surface area contributed by atoms with Gasteiger partial charge in [0.2, 0.25) is 0 Å². The number of nitrogens with one attached hydrogen (secondary N) is 1. The van der Waals surface area contributed by atoms with Crippen LogP contribution in [0.4, 0.5) is 8.78 Å². The molecule has 188 valence electrons. The van der Waals surface area contributed by atoms with Crippen molar-refractivity contribution in [1.82, 2.24) is 5.32 Å². The van der Waals surface area contributed by atoms with Crippen molar-refractivity contribution in [1.29, 1.82) is 0 Å². The van der Waals surface area contributed by atoms with E-state index in [0.717, 1.165) is 0 Å². The summed E-state index contributed by atoms with van der Waals surface area (Å²) in [4.78, 5) is 36.1. The van der Waals surface area contributed by atoms with Crippen molar-refractivity contribution in [3.63, 3.8) is 0 Å². The Balaban J connectivity index is 1.84. The molecule has 1 N–H and O–H groups in total. The van der Waals surface area contributed by atoms with Crippen molar-refractivity contribution < 1.29 is 42.1 Å². The minimum atomic E-state index is -3.00. The van der Waals surface area contributed by atoms with Crippen molar-refractivity contribution in [2.75, 3.05) is 14.2 Å². The van der Waals surface area contributed by atoms with Gasteiger partial charge >= 0.3 is 18.6 Å². The highest BCUT2D eigenvalue weighted by Gasteiger charge is 2.35. The largest absolute Gasteiger partial charge is 0.493 e. The van der Waals surface area contributed by atoms with E-state index in [-0.39, 0.29) is 35.5 Å². The fraction of sp³-hybridized carbons (Fsp3) is 0.400. The third kappa shape index (κ3) is 6.68. The zero-order valence-corrected chi connectivity index (χ0v) is 19.6. The molecule has 2 aromatic rings. The van der Waals surface area contributed by atoms with Gasteiger partial charge in [-0.25, -0.2) is 4.79 Å². The molecule has 1 saturated carbocycles. The van der Waals surface area contributed by atoms with Gasteiger partial charge < -0.3 is 24.3 Å². The Morgan fingerprint density at radius 2 is 1.66 bits per heavy atom. The summed E-state index contributed by atoms with van der Waals surface area (Å²) in [5.41, 5.74) is 1.39. The van der Waals surface area contributed by atoms with Crippen LogP contribution in [-0.2, 0) is 14.3 Å². The van der Waals surface area contributed by atoms with Gasteiger partial charge in [0, 0.05) is 24.4 Å². The molecule has 3 rings (SSSR count). The summed E-state index contributed by atoms with van der Waals surface area (Å²) in [6.45, 7) is -1.67. The van der Waals surface area contributed by atoms with Crippen molar-refractivity contribution in [3.05, 3.63) is 59.2 Å². The lowest BCUT2D eigenvalue weighted by atomic mass is 9.78. The van der Waals surface area contributed by atoms with E-state index >= 15 is 0 Å². The van der Waals surface area contributed by atoms with Gasteiger partial charge in [-0.05, 0) is 61.2 Å². The molecule has 1 aliphatic carbocycles. The molecule has 3 atom stereocenters. The first-order chi connectivity index (χ1) is 16.7. The van der Waals surface area contributed by atoms with Gasteiger partial charge in [-0.3, -0.25) is 9.59 Å². The third-order valence-electron chi connectivity index (χ3n) is 5.85. The van der Waals surface area contributed by atoms with E-state index < -0.39 is 18.6 Å². The molecule has 0 aliphatic heterocycles. The van der Waals surface area contributed by atoms with Crippen LogP contribution < -0.4 is 14.8 Å². The van der Waals surface area contributed by atoms with Crippen LogP contribution >= 0.6 is 0 Å². The minimum absolute atomic E-state index is 0.107. The Morgan fingerprint density at radius 1 is 0.971 bits per heavy atom. The van der Waals surface area contributed by atoms with E-state index in [0.29, 0.717) is 36.0 Å². The first kappa shape index (κ1) is 25.9. The molecule has 1 fully saturated rings. The summed E-state index contributed by atoms with van der Waals surface area (Å²) in [5, 5.41) is 3.02. The second kappa shape index (κ2) is 11.6. The maximum atomic E-state index is 13.0. The number of ether oxygens (including phenoxy) is 4. The normalized spacial score (nSPS) is 19.5. The molecular weight excluding hydrogens is 464 g/mol. The van der Waals surface area contributed by atoms with Crippen LogP contribution in [0.15, 0.2) is 42.5 Å². The molecule has 8 nitrogen and oxygen atoms in total. The van der Waals surface area contributed by atoms with Crippen LogP contribution in [0.5, 0.6) is 11.5 Å². The lowest BCUT2D eigenvalue weighted by Gasteiger charge is -2.36. The Hall–Kier alpha value is -3.69. The molecule has 0 aromatic heterocycles. The van der Waals surface area contributed by atoms with Gasteiger partial charge in [-0.2, -0.15) is 8.78 Å². The number of amides is 1. The van der Waals surface area contributed by atoms with E-state index in [9.17, 15) is 23.2 Å². The number of carbonyl (C=O) groups excluding carboxylic acids is 3. The van der Waals surface area contributed by atoms with Crippen molar-refractivity contribution in [3.8, 4) is 11.5 Å². The molecule has 2 aromatic carbocycles. The molecule has 35 heavy (non-hydrogen) atoms. The standard InChI is InChI=1S/C25H27F2NO7/c1-14(29)34-18-9-10-20(28-23(30)15-4-6-16(7-5-15)24(31)33-3)19(13-18)17-8-11-21(35-25(26)27)22(12-17)32-2/h4-8,11-12,18-20,25H,9-10,13H2,1-3H3,(H,28,30). The number of methoxy groups -OCH3 is 2. The zero-order valence-electron chi connectivity index (χ0n) is 19.6. The lowest BCUT2D eigenvalue weighted by molar-refractivity contribution is -0.148. The molecule has 0 heterocycles. The third-order valence-corrected chi connectivity index (χ3v) is 5.85. The SMILES string of the molecule is COC(=O)c1ccc(C(=O)NC2CCC(OC(C)=O)CC2c2ccc(OC(F)F)c(OC)c2)cc1. The number of alkyl halides is 2. The average Bonchev–Trinajstić information content (AvgIpc) is 2.84. The number of hydrogen-bond acceptors (Lipinski definition) is 7. The first-order valence-electron chi connectivity index (χ1n) is 11.0. The Labute approximate surface area is 201 Å². The van der Waals surface area contributed by atoms with Gasteiger partial charge in [0.25, 0.3) is 5.91 Å². The minimum Gasteiger partial charge on any atom is -0.493 e. The highest BCUT2D eigenvalue weighted by atomic mass is 19.3. The summed E-state index contributed by atoms with van der Waals surface area (Å²) < 4.78 is 45.3. The lowest BCUT2D eigenvalue weighted by Crippen LogP contribution is -2.44. The van der Waals surface area contributed by atoms with Crippen LogP contribution in [0.25, 0.3) is 0 Å². The topological polar surface area (TPSA) is 100 Å². The molecule has 0 radical (unpaired) electrons. The summed E-state index contributed by atoms with van der Waals surface area (Å²) in [6.07, 6.45) is 1.13. The number of rotatable bonds is 8. The van der Waals surface area contributed by atoms with E-state index in [1.54, 1.807) is 12.1 Å². The number of halogens is 2. The monoisotopic (exact) mass is 491 g/mol. The molecule has 1 aliphatic rings. The Kier molecular flexibility index (Phi) is 8.62. The molecule has 0 saturated heterocycles. The molecule has 3 unspecified atom stereocenters. The van der Waals surface area contributed by atoms with Gasteiger partial charge in [0.15, 0.2) is 11.5 Å². The average molecular weight is 491 g/mol. The smallest absolute Gasteiger partial charge is 0.387 e. The van der Waals surface area contributed by atoms with Crippen LogP contribution in [0, 0.1) is 0 Å². The van der Waals surface area contributed by atoms with Gasteiger partial charge in [0.1, 0.15) is 6.10 Å². The maximum Gasteiger partial charge on any atom is 0.387 e. The highest BCUT2D eigenvalue weighted by molar-refractivity contribution is 5.96. The van der Waals surface area contributed by atoms with Crippen LogP contribution in [0.3, 0.4) is 0 Å². The fourth-order valence-corrected chi connectivity index (χ4v) is 4.25. The molecule has 0 bridgehead atoms. The summed E-state index contributed by atoms with van der Waals surface area (Å²) >= 11 is 0. The van der Waals surface area contributed by atoms with Crippen LogP contribution in [0.1, 0.15) is 58.4 Å². The summed E-state index contributed by atoms with van der Waals surface area (Å²) in [7, 11) is 2.62. The van der Waals surface area contributed by atoms with E-state index in [1.165, 1.54) is 51.5 Å². The number of esters is 2. The van der Waals surface area contributed by atoms with Crippen LogP contribution in [0.2, 0.25) is 0 Å². The molecular formula is C25H27F2NO7. The second-order valence-electron chi connectivity index (χ2n) is 8.09. The predicted octanol–water partition coefficient (Wildman–Crippen LogP) is 4.08. The zero-order chi connectivity index (χ0) is 25.5. The predicted molar refractivity (Wildman–Crippen MR) is 121 cm³/mol. The van der Waals surface area contributed by atoms with E-state index in [1.807, 2.05) is 0 Å².